The Labute approximate surface area is 275 Å². The summed E-state index contributed by atoms with van der Waals surface area (Å²) >= 11 is 0. The standard InChI is InChI=1S/C24H29N3O.C8H18O3.C5H13N/c1-7-27(8-2)20-13-10-18(11-14-20)9-12-19-17-28-23(24(3,4)5)15-21(19)22(16-25)26-6;1-6(9-3)8(11-5)7(2)10-4;1-4-6(3)5-2/h10-11,13-15,17H,7-9,12H2,1-5H3;6-8H,1-5H3;4-5H2,1-3H3/b22-21-;;. The molecule has 0 amide bonds. The molecule has 1 heterocycles. The van der Waals surface area contributed by atoms with Crippen molar-refractivity contribution in [3.05, 3.63) is 76.2 Å². The van der Waals surface area contributed by atoms with Crippen LogP contribution in [0.1, 0.15) is 74.3 Å². The topological polar surface area (TPSA) is 71.5 Å². The van der Waals surface area contributed by atoms with E-state index >= 15 is 0 Å². The molecule has 252 valence electrons. The molecule has 0 bridgehead atoms. The van der Waals surface area contributed by atoms with E-state index in [0.29, 0.717) is 12.0 Å². The van der Waals surface area contributed by atoms with Crippen LogP contribution in [0.15, 0.2) is 59.2 Å². The van der Waals surface area contributed by atoms with Crippen molar-refractivity contribution in [2.75, 3.05) is 59.5 Å². The molecule has 1 aromatic carbocycles. The highest BCUT2D eigenvalue weighted by Crippen LogP contribution is 2.35. The minimum absolute atomic E-state index is 0.00463. The lowest BCUT2D eigenvalue weighted by molar-refractivity contribution is -0.0941. The molecule has 0 saturated carbocycles. The molecule has 1 aliphatic heterocycles. The lowest BCUT2D eigenvalue weighted by Crippen LogP contribution is -2.37. The van der Waals surface area contributed by atoms with Gasteiger partial charge in [-0.15, -0.1) is 0 Å². The van der Waals surface area contributed by atoms with Crippen molar-refractivity contribution in [3.63, 3.8) is 0 Å². The molecule has 0 spiro atoms. The van der Waals surface area contributed by atoms with Crippen molar-refractivity contribution in [2.24, 2.45) is 5.41 Å². The number of benzene rings is 1. The Bertz CT molecular complexity index is 1120. The smallest absolute Gasteiger partial charge is 0.269 e. The number of methoxy groups -OCH3 is 3. The van der Waals surface area contributed by atoms with Crippen molar-refractivity contribution >= 4 is 5.69 Å². The molecular formula is C37H60N4O4. The molecule has 2 atom stereocenters. The summed E-state index contributed by atoms with van der Waals surface area (Å²) in [6.07, 6.45) is 5.24. The van der Waals surface area contributed by atoms with Crippen LogP contribution in [-0.2, 0) is 25.4 Å². The third-order valence-electron chi connectivity index (χ3n) is 7.93. The molecule has 0 aromatic heterocycles. The van der Waals surface area contributed by atoms with E-state index in [9.17, 15) is 5.26 Å². The average Bonchev–Trinajstić information content (AvgIpc) is 3.05. The lowest BCUT2D eigenvalue weighted by atomic mass is 9.88. The van der Waals surface area contributed by atoms with E-state index in [4.69, 9.17) is 25.5 Å². The summed E-state index contributed by atoms with van der Waals surface area (Å²) in [5.74, 6) is 0.770. The number of allylic oxidation sites excluding steroid dienone is 5. The molecule has 2 unspecified atom stereocenters. The van der Waals surface area contributed by atoms with Crippen molar-refractivity contribution < 1.29 is 18.9 Å². The maximum Gasteiger partial charge on any atom is 0.269 e. The number of anilines is 1. The molecule has 0 radical (unpaired) electrons. The van der Waals surface area contributed by atoms with Gasteiger partial charge in [-0.05, 0) is 90.0 Å². The number of nitrogens with zero attached hydrogens (tertiary/aromatic N) is 4. The van der Waals surface area contributed by atoms with Gasteiger partial charge in [0.15, 0.2) is 0 Å². The fraction of sp³-hybridized carbons (Fsp3) is 0.622. The summed E-state index contributed by atoms with van der Waals surface area (Å²) in [6.45, 7) is 30.4. The van der Waals surface area contributed by atoms with Crippen LogP contribution in [0, 0.1) is 23.3 Å². The summed E-state index contributed by atoms with van der Waals surface area (Å²) in [6, 6.07) is 10.6. The van der Waals surface area contributed by atoms with Crippen LogP contribution >= 0.6 is 0 Å². The molecule has 2 rings (SSSR count). The van der Waals surface area contributed by atoms with Crippen LogP contribution in [0.5, 0.6) is 0 Å². The third kappa shape index (κ3) is 14.7. The highest BCUT2D eigenvalue weighted by atomic mass is 16.6. The van der Waals surface area contributed by atoms with Crippen LogP contribution in [0.25, 0.3) is 4.85 Å². The summed E-state index contributed by atoms with van der Waals surface area (Å²) in [5.41, 5.74) is 3.97. The number of hydrogen-bond acceptors (Lipinski definition) is 7. The maximum absolute atomic E-state index is 9.38. The van der Waals surface area contributed by atoms with E-state index in [0.717, 1.165) is 43.9 Å². The highest BCUT2D eigenvalue weighted by Gasteiger charge is 2.25. The molecule has 0 fully saturated rings. The summed E-state index contributed by atoms with van der Waals surface area (Å²) in [5, 5.41) is 9.38. The predicted molar refractivity (Wildman–Crippen MR) is 187 cm³/mol. The van der Waals surface area contributed by atoms with Crippen molar-refractivity contribution in [1.29, 1.82) is 5.26 Å². The zero-order chi connectivity index (χ0) is 34.6. The maximum atomic E-state index is 9.38. The third-order valence-corrected chi connectivity index (χ3v) is 7.93. The monoisotopic (exact) mass is 624 g/mol. The first-order chi connectivity index (χ1) is 21.3. The van der Waals surface area contributed by atoms with E-state index in [2.05, 4.69) is 94.4 Å². The van der Waals surface area contributed by atoms with Gasteiger partial charge >= 0.3 is 0 Å². The van der Waals surface area contributed by atoms with Gasteiger partial charge in [-0.2, -0.15) is 0 Å². The SMILES string of the molecule is CCN(C)CC.COC(C)C(OC)C(C)OC.[C-]#[N+]/C(C#N)=C1/C=C(C(C)(C)C)OC=C1CCc1ccc(N(CC)CC)cc1. The zero-order valence-electron chi connectivity index (χ0n) is 30.4. The highest BCUT2D eigenvalue weighted by molar-refractivity contribution is 5.53. The van der Waals surface area contributed by atoms with Gasteiger partial charge in [-0.1, -0.05) is 46.8 Å². The second-order valence-electron chi connectivity index (χ2n) is 11.9. The molecule has 8 nitrogen and oxygen atoms in total. The second kappa shape index (κ2) is 22.4. The Morgan fingerprint density at radius 2 is 1.44 bits per heavy atom. The van der Waals surface area contributed by atoms with E-state index in [1.54, 1.807) is 27.6 Å². The minimum Gasteiger partial charge on any atom is -0.469 e. The molecule has 0 N–H and O–H groups in total. The van der Waals surface area contributed by atoms with Crippen LogP contribution in [-0.4, -0.2) is 77.8 Å². The Balaban J connectivity index is 0.000000936. The Morgan fingerprint density at radius 1 is 0.911 bits per heavy atom. The molecule has 8 heteroatoms. The van der Waals surface area contributed by atoms with Crippen molar-refractivity contribution in [2.45, 2.75) is 93.5 Å². The fourth-order valence-electron chi connectivity index (χ4n) is 4.41. The van der Waals surface area contributed by atoms with Gasteiger partial charge in [0.1, 0.15) is 11.9 Å². The minimum atomic E-state index is -0.184. The normalized spacial score (nSPS) is 15.7. The average molecular weight is 625 g/mol. The van der Waals surface area contributed by atoms with Crippen LogP contribution in [0.4, 0.5) is 5.69 Å². The lowest BCUT2D eigenvalue weighted by Gasteiger charge is -2.26. The van der Waals surface area contributed by atoms with E-state index in [1.165, 1.54) is 11.3 Å². The largest absolute Gasteiger partial charge is 0.469 e. The number of hydrogen-bond donors (Lipinski definition) is 0. The van der Waals surface area contributed by atoms with Crippen molar-refractivity contribution in [3.8, 4) is 6.07 Å². The number of nitriles is 1. The molecule has 0 saturated heterocycles. The van der Waals surface area contributed by atoms with E-state index in [-0.39, 0.29) is 29.4 Å². The Kier molecular flexibility index (Phi) is 20.8. The second-order valence-corrected chi connectivity index (χ2v) is 11.9. The quantitative estimate of drug-likeness (QED) is 0.163. The van der Waals surface area contributed by atoms with Gasteiger partial charge in [0.25, 0.3) is 5.70 Å². The molecular weight excluding hydrogens is 564 g/mol. The molecule has 1 aliphatic rings. The van der Waals surface area contributed by atoms with E-state index in [1.807, 2.05) is 26.0 Å². The van der Waals surface area contributed by atoms with Gasteiger partial charge in [0.05, 0.1) is 31.1 Å². The first-order valence-corrected chi connectivity index (χ1v) is 16.0. The number of aryl methyl sites for hydroxylation is 1. The van der Waals surface area contributed by atoms with Gasteiger partial charge in [-0.3, -0.25) is 0 Å². The van der Waals surface area contributed by atoms with Crippen LogP contribution in [0.3, 0.4) is 0 Å². The van der Waals surface area contributed by atoms with Gasteiger partial charge < -0.3 is 28.7 Å². The van der Waals surface area contributed by atoms with E-state index < -0.39 is 0 Å². The summed E-state index contributed by atoms with van der Waals surface area (Å²) in [7, 11) is 7.10. The zero-order valence-corrected chi connectivity index (χ0v) is 30.4. The fourth-order valence-corrected chi connectivity index (χ4v) is 4.41. The molecule has 0 aliphatic carbocycles. The molecule has 45 heavy (non-hydrogen) atoms. The summed E-state index contributed by atoms with van der Waals surface area (Å²) in [4.78, 5) is 7.99. The summed E-state index contributed by atoms with van der Waals surface area (Å²) < 4.78 is 21.3. The van der Waals surface area contributed by atoms with Crippen LogP contribution in [0.2, 0.25) is 0 Å². The van der Waals surface area contributed by atoms with Crippen molar-refractivity contribution in [1.82, 2.24) is 4.90 Å². The Morgan fingerprint density at radius 3 is 1.80 bits per heavy atom. The van der Waals surface area contributed by atoms with Gasteiger partial charge in [0, 0.05) is 51.1 Å². The van der Waals surface area contributed by atoms with Gasteiger partial charge in [-0.25, -0.2) is 10.1 Å². The van der Waals surface area contributed by atoms with Gasteiger partial charge in [0.2, 0.25) is 0 Å². The molecule has 1 aromatic rings. The Hall–Kier alpha value is -3.14. The van der Waals surface area contributed by atoms with Crippen LogP contribution < -0.4 is 4.90 Å². The number of rotatable bonds is 13. The predicted octanol–water partition coefficient (Wildman–Crippen LogP) is 8.04. The first-order valence-electron chi connectivity index (χ1n) is 16.0. The first kappa shape index (κ1) is 41.9. The number of ether oxygens (including phenoxy) is 4.